The molecule has 2 aliphatic carbocycles. The molecule has 2 amide bonds. The summed E-state index contributed by atoms with van der Waals surface area (Å²) in [5.74, 6) is 2.40. The lowest BCUT2D eigenvalue weighted by Crippen LogP contribution is -2.49. The molecule has 6 heteroatoms. The molecule has 31 heavy (non-hydrogen) atoms. The molecule has 1 aromatic heterocycles. The molecular weight excluding hydrogens is 388 g/mol. The van der Waals surface area contributed by atoms with E-state index in [2.05, 4.69) is 26.9 Å². The molecule has 0 bridgehead atoms. The summed E-state index contributed by atoms with van der Waals surface area (Å²) in [6.45, 7) is 5.92. The molecule has 1 aromatic rings. The number of aromatic nitrogens is 1. The summed E-state index contributed by atoms with van der Waals surface area (Å²) < 4.78 is 0. The Bertz CT molecular complexity index is 753. The van der Waals surface area contributed by atoms with Crippen LogP contribution in [-0.2, 0) is 9.59 Å². The van der Waals surface area contributed by atoms with E-state index in [-0.39, 0.29) is 23.7 Å². The minimum atomic E-state index is -0.0111. The Labute approximate surface area is 186 Å². The smallest absolute Gasteiger partial charge is 0.233 e. The number of imide groups is 1. The van der Waals surface area contributed by atoms with E-state index in [1.54, 1.807) is 4.90 Å². The van der Waals surface area contributed by atoms with Gasteiger partial charge >= 0.3 is 0 Å². The van der Waals surface area contributed by atoms with E-state index >= 15 is 0 Å². The van der Waals surface area contributed by atoms with Gasteiger partial charge < -0.3 is 4.90 Å². The first kappa shape index (κ1) is 20.9. The first-order valence-electron chi connectivity index (χ1n) is 12.4. The summed E-state index contributed by atoms with van der Waals surface area (Å²) in [4.78, 5) is 37.1. The second-order valence-corrected chi connectivity index (χ2v) is 10.1. The average Bonchev–Trinajstić information content (AvgIpc) is 3.06. The molecule has 4 unspecified atom stereocenters. The summed E-state index contributed by atoms with van der Waals surface area (Å²) in [7, 11) is 0. The monoisotopic (exact) mass is 424 g/mol. The van der Waals surface area contributed by atoms with Gasteiger partial charge in [0.05, 0.1) is 11.8 Å². The number of amides is 2. The lowest BCUT2D eigenvalue weighted by Gasteiger charge is -2.40. The van der Waals surface area contributed by atoms with Crippen LogP contribution in [0.2, 0.25) is 0 Å². The van der Waals surface area contributed by atoms with Crippen LogP contribution in [0.4, 0.5) is 5.82 Å². The number of pyridine rings is 1. The topological polar surface area (TPSA) is 56.8 Å². The highest BCUT2D eigenvalue weighted by Gasteiger charge is 2.49. The van der Waals surface area contributed by atoms with Crippen LogP contribution in [0.1, 0.15) is 51.4 Å². The number of nitrogens with zero attached hydrogens (tertiary/aromatic N) is 4. The van der Waals surface area contributed by atoms with Crippen molar-refractivity contribution in [2.24, 2.45) is 23.7 Å². The largest absolute Gasteiger partial charge is 0.354 e. The van der Waals surface area contributed by atoms with E-state index in [9.17, 15) is 9.59 Å². The Morgan fingerprint density at radius 1 is 0.774 bits per heavy atom. The van der Waals surface area contributed by atoms with Gasteiger partial charge in [-0.05, 0) is 49.7 Å². The SMILES string of the molecule is O=C1C2CCCCC2C(=O)N1CC1CCCCC1CN1CCN(c2ccccn2)CC1. The van der Waals surface area contributed by atoms with Gasteiger partial charge in [0.1, 0.15) is 5.82 Å². The third-order valence-electron chi connectivity index (χ3n) is 8.25. The molecule has 5 rings (SSSR count). The molecule has 2 saturated carbocycles. The maximum atomic E-state index is 13.0. The van der Waals surface area contributed by atoms with E-state index < -0.39 is 0 Å². The number of fused-ring (bicyclic) bond motifs is 1. The molecule has 168 valence electrons. The van der Waals surface area contributed by atoms with Gasteiger partial charge in [-0.2, -0.15) is 0 Å². The summed E-state index contributed by atoms with van der Waals surface area (Å²) in [5.41, 5.74) is 0. The molecule has 0 spiro atoms. The average molecular weight is 425 g/mol. The van der Waals surface area contributed by atoms with Crippen LogP contribution in [0, 0.1) is 23.7 Å². The highest BCUT2D eigenvalue weighted by Crippen LogP contribution is 2.40. The molecule has 0 aromatic carbocycles. The maximum Gasteiger partial charge on any atom is 0.233 e. The quantitative estimate of drug-likeness (QED) is 0.680. The molecule has 0 radical (unpaired) electrons. The summed E-state index contributed by atoms with van der Waals surface area (Å²) in [6.07, 6.45) is 10.8. The summed E-state index contributed by atoms with van der Waals surface area (Å²) >= 11 is 0. The van der Waals surface area contributed by atoms with E-state index in [1.807, 2.05) is 12.3 Å². The zero-order valence-corrected chi connectivity index (χ0v) is 18.6. The van der Waals surface area contributed by atoms with Gasteiger partial charge in [-0.25, -0.2) is 4.98 Å². The van der Waals surface area contributed by atoms with Crippen LogP contribution < -0.4 is 4.90 Å². The van der Waals surface area contributed by atoms with Crippen LogP contribution in [0.3, 0.4) is 0 Å². The minimum Gasteiger partial charge on any atom is -0.354 e. The van der Waals surface area contributed by atoms with Crippen molar-refractivity contribution in [2.45, 2.75) is 51.4 Å². The Kier molecular flexibility index (Phi) is 6.26. The van der Waals surface area contributed by atoms with E-state index in [0.717, 1.165) is 70.6 Å². The summed E-state index contributed by atoms with van der Waals surface area (Å²) in [5, 5.41) is 0. The van der Waals surface area contributed by atoms with Gasteiger partial charge in [0.15, 0.2) is 0 Å². The standard InChI is InChI=1S/C25H36N4O2/c30-24-21-9-3-4-10-22(21)25(31)29(24)18-20-8-2-1-7-19(20)17-27-13-15-28(16-14-27)23-11-5-6-12-26-23/h5-6,11-12,19-22H,1-4,7-10,13-18H2. The minimum absolute atomic E-state index is 0.0111. The zero-order chi connectivity index (χ0) is 21.2. The Morgan fingerprint density at radius 2 is 1.39 bits per heavy atom. The van der Waals surface area contributed by atoms with Crippen molar-refractivity contribution in [3.63, 3.8) is 0 Å². The number of piperazine rings is 1. The first-order valence-corrected chi connectivity index (χ1v) is 12.4. The number of anilines is 1. The van der Waals surface area contributed by atoms with Crippen LogP contribution in [0.15, 0.2) is 24.4 Å². The van der Waals surface area contributed by atoms with E-state index in [4.69, 9.17) is 0 Å². The fourth-order valence-electron chi connectivity index (χ4n) is 6.44. The number of rotatable bonds is 5. The lowest BCUT2D eigenvalue weighted by atomic mass is 9.78. The van der Waals surface area contributed by atoms with Gasteiger partial charge in [-0.1, -0.05) is 31.7 Å². The van der Waals surface area contributed by atoms with Crippen LogP contribution in [-0.4, -0.2) is 65.9 Å². The Balaban J connectivity index is 1.18. The predicted molar refractivity (Wildman–Crippen MR) is 121 cm³/mol. The third-order valence-corrected chi connectivity index (χ3v) is 8.25. The highest BCUT2D eigenvalue weighted by molar-refractivity contribution is 6.05. The van der Waals surface area contributed by atoms with Crippen molar-refractivity contribution in [1.29, 1.82) is 0 Å². The molecule has 4 atom stereocenters. The Morgan fingerprint density at radius 3 is 2.00 bits per heavy atom. The predicted octanol–water partition coefficient (Wildman–Crippen LogP) is 3.19. The van der Waals surface area contributed by atoms with Crippen LogP contribution in [0.5, 0.6) is 0 Å². The van der Waals surface area contributed by atoms with Crippen molar-refractivity contribution in [1.82, 2.24) is 14.8 Å². The third kappa shape index (κ3) is 4.36. The molecule has 6 nitrogen and oxygen atoms in total. The molecule has 2 aliphatic heterocycles. The molecule has 4 aliphatic rings. The van der Waals surface area contributed by atoms with Crippen molar-refractivity contribution in [3.05, 3.63) is 24.4 Å². The molecule has 4 fully saturated rings. The summed E-state index contributed by atoms with van der Waals surface area (Å²) in [6, 6.07) is 6.11. The zero-order valence-electron chi connectivity index (χ0n) is 18.6. The number of carbonyl (C=O) groups is 2. The van der Waals surface area contributed by atoms with Gasteiger partial charge in [-0.15, -0.1) is 0 Å². The molecular formula is C25H36N4O2. The van der Waals surface area contributed by atoms with E-state index in [0.29, 0.717) is 18.4 Å². The maximum absolute atomic E-state index is 13.0. The molecule has 2 saturated heterocycles. The van der Waals surface area contributed by atoms with E-state index in [1.165, 1.54) is 19.3 Å². The molecule has 0 N–H and O–H groups in total. The van der Waals surface area contributed by atoms with Crippen molar-refractivity contribution < 1.29 is 9.59 Å². The van der Waals surface area contributed by atoms with Crippen molar-refractivity contribution >= 4 is 17.6 Å². The van der Waals surface area contributed by atoms with Crippen LogP contribution >= 0.6 is 0 Å². The normalized spacial score (nSPS) is 32.4. The second kappa shape index (κ2) is 9.27. The van der Waals surface area contributed by atoms with Crippen molar-refractivity contribution in [3.8, 4) is 0 Å². The van der Waals surface area contributed by atoms with Gasteiger partial charge in [0.2, 0.25) is 11.8 Å². The highest BCUT2D eigenvalue weighted by atomic mass is 16.2. The number of likely N-dealkylation sites (tertiary alicyclic amines) is 1. The Hall–Kier alpha value is -1.95. The first-order chi connectivity index (χ1) is 15.2. The number of hydrogen-bond donors (Lipinski definition) is 0. The van der Waals surface area contributed by atoms with Gasteiger partial charge in [0.25, 0.3) is 0 Å². The second-order valence-electron chi connectivity index (χ2n) is 10.1. The fraction of sp³-hybridized carbons (Fsp3) is 0.720. The van der Waals surface area contributed by atoms with Gasteiger partial charge in [-0.3, -0.25) is 19.4 Å². The number of carbonyl (C=O) groups excluding carboxylic acids is 2. The van der Waals surface area contributed by atoms with Crippen molar-refractivity contribution in [2.75, 3.05) is 44.2 Å². The van der Waals surface area contributed by atoms with Crippen LogP contribution in [0.25, 0.3) is 0 Å². The van der Waals surface area contributed by atoms with Gasteiger partial charge in [0, 0.05) is 45.5 Å². The number of hydrogen-bond acceptors (Lipinski definition) is 5. The lowest BCUT2D eigenvalue weighted by molar-refractivity contribution is -0.141. The fourth-order valence-corrected chi connectivity index (χ4v) is 6.44. The molecule has 3 heterocycles.